The van der Waals surface area contributed by atoms with E-state index in [0.717, 1.165) is 29.1 Å². The van der Waals surface area contributed by atoms with Gasteiger partial charge in [0.05, 0.1) is 0 Å². The molecule has 0 amide bonds. The molecule has 0 aliphatic heterocycles. The molecule has 3 N–H and O–H groups in total. The summed E-state index contributed by atoms with van der Waals surface area (Å²) in [4.78, 5) is 0. The zero-order chi connectivity index (χ0) is 13.0. The second kappa shape index (κ2) is 5.69. The molecule has 0 aliphatic carbocycles. The summed E-state index contributed by atoms with van der Waals surface area (Å²) in [7, 11) is 0. The fourth-order valence-electron chi connectivity index (χ4n) is 1.87. The summed E-state index contributed by atoms with van der Waals surface area (Å²) in [5, 5.41) is 7.14. The number of nitrogens with zero attached hydrogens (tertiary/aromatic N) is 1. The lowest BCUT2D eigenvalue weighted by atomic mass is 10.2. The first-order valence-electron chi connectivity index (χ1n) is 6.19. The molecule has 2 aromatic rings. The molecule has 1 heterocycles. The summed E-state index contributed by atoms with van der Waals surface area (Å²) in [6.07, 6.45) is 1.04. The molecule has 18 heavy (non-hydrogen) atoms. The fraction of sp³-hybridized carbons (Fsp3) is 0.357. The van der Waals surface area contributed by atoms with Crippen LogP contribution >= 0.6 is 0 Å². The van der Waals surface area contributed by atoms with Crippen molar-refractivity contribution in [1.82, 2.24) is 10.2 Å². The van der Waals surface area contributed by atoms with E-state index < -0.39 is 0 Å². The van der Waals surface area contributed by atoms with E-state index in [4.69, 9.17) is 10.5 Å². The lowest BCUT2D eigenvalue weighted by molar-refractivity contribution is 0.300. The molecule has 1 aromatic heterocycles. The number of aromatic amines is 1. The van der Waals surface area contributed by atoms with Gasteiger partial charge in [-0.05, 0) is 31.0 Å². The molecule has 0 saturated heterocycles. The van der Waals surface area contributed by atoms with Crippen LogP contribution in [0.3, 0.4) is 0 Å². The van der Waals surface area contributed by atoms with Gasteiger partial charge >= 0.3 is 0 Å². The Bertz CT molecular complexity index is 502. The molecule has 0 unspecified atom stereocenters. The standard InChI is InChI=1S/C14H19N3O/c1-3-11-4-6-12(7-5-11)18-9-14-13(8-15)10(2)16-17-14/h4-7H,3,8-9,15H2,1-2H3,(H,16,17). The van der Waals surface area contributed by atoms with Crippen LogP contribution in [0.1, 0.15) is 29.4 Å². The Hall–Kier alpha value is -1.81. The van der Waals surface area contributed by atoms with Crippen LogP contribution < -0.4 is 10.5 Å². The van der Waals surface area contributed by atoms with E-state index >= 15 is 0 Å². The number of aryl methyl sites for hydroxylation is 2. The maximum Gasteiger partial charge on any atom is 0.132 e. The zero-order valence-electron chi connectivity index (χ0n) is 10.9. The van der Waals surface area contributed by atoms with Gasteiger partial charge in [0.15, 0.2) is 0 Å². The Kier molecular flexibility index (Phi) is 3.99. The predicted molar refractivity (Wildman–Crippen MR) is 71.4 cm³/mol. The molecule has 0 spiro atoms. The Morgan fingerprint density at radius 3 is 2.61 bits per heavy atom. The quantitative estimate of drug-likeness (QED) is 0.849. The number of benzene rings is 1. The SMILES string of the molecule is CCc1ccc(OCc2n[nH]c(C)c2CN)cc1. The number of H-pyrrole nitrogens is 1. The van der Waals surface area contributed by atoms with Crippen LogP contribution in [0.25, 0.3) is 0 Å². The van der Waals surface area contributed by atoms with Crippen LogP contribution in [0, 0.1) is 6.92 Å². The van der Waals surface area contributed by atoms with Crippen molar-refractivity contribution in [2.45, 2.75) is 33.4 Å². The minimum atomic E-state index is 0.447. The van der Waals surface area contributed by atoms with Gasteiger partial charge in [-0.15, -0.1) is 0 Å². The molecule has 0 saturated carbocycles. The Labute approximate surface area is 107 Å². The minimum Gasteiger partial charge on any atom is -0.487 e. The Balaban J connectivity index is 2.02. The van der Waals surface area contributed by atoms with Gasteiger partial charge in [0.2, 0.25) is 0 Å². The summed E-state index contributed by atoms with van der Waals surface area (Å²) >= 11 is 0. The average Bonchev–Trinajstić information content (AvgIpc) is 2.77. The number of aromatic nitrogens is 2. The summed E-state index contributed by atoms with van der Waals surface area (Å²) in [5.74, 6) is 0.857. The van der Waals surface area contributed by atoms with E-state index in [-0.39, 0.29) is 0 Å². The van der Waals surface area contributed by atoms with E-state index in [1.165, 1.54) is 5.56 Å². The van der Waals surface area contributed by atoms with Crippen LogP contribution in [0.15, 0.2) is 24.3 Å². The van der Waals surface area contributed by atoms with Gasteiger partial charge in [-0.25, -0.2) is 0 Å². The van der Waals surface area contributed by atoms with Gasteiger partial charge in [0, 0.05) is 17.8 Å². The zero-order valence-corrected chi connectivity index (χ0v) is 10.9. The maximum atomic E-state index is 5.71. The molecule has 0 bridgehead atoms. The molecule has 4 heteroatoms. The highest BCUT2D eigenvalue weighted by molar-refractivity contribution is 5.28. The molecule has 0 aliphatic rings. The number of ether oxygens (including phenoxy) is 1. The van der Waals surface area contributed by atoms with Gasteiger partial charge < -0.3 is 10.5 Å². The van der Waals surface area contributed by atoms with Crippen molar-refractivity contribution in [3.63, 3.8) is 0 Å². The summed E-state index contributed by atoms with van der Waals surface area (Å²) in [5.41, 5.74) is 9.93. The second-order valence-corrected chi connectivity index (χ2v) is 4.26. The van der Waals surface area contributed by atoms with Gasteiger partial charge in [0.1, 0.15) is 18.1 Å². The topological polar surface area (TPSA) is 63.9 Å². The minimum absolute atomic E-state index is 0.447. The van der Waals surface area contributed by atoms with Crippen LogP contribution in [0.5, 0.6) is 5.75 Å². The van der Waals surface area contributed by atoms with Crippen LogP contribution in [0.2, 0.25) is 0 Å². The van der Waals surface area contributed by atoms with Crippen molar-refractivity contribution >= 4 is 0 Å². The van der Waals surface area contributed by atoms with Gasteiger partial charge in [-0.1, -0.05) is 19.1 Å². The number of nitrogens with one attached hydrogen (secondary N) is 1. The van der Waals surface area contributed by atoms with E-state index in [1.54, 1.807) is 0 Å². The molecular weight excluding hydrogens is 226 g/mol. The van der Waals surface area contributed by atoms with E-state index in [9.17, 15) is 0 Å². The molecular formula is C14H19N3O. The van der Waals surface area contributed by atoms with Crippen LogP contribution in [0.4, 0.5) is 0 Å². The molecule has 1 aromatic carbocycles. The van der Waals surface area contributed by atoms with Gasteiger partial charge in [0.25, 0.3) is 0 Å². The highest BCUT2D eigenvalue weighted by Gasteiger charge is 2.08. The van der Waals surface area contributed by atoms with E-state index in [0.29, 0.717) is 13.2 Å². The Morgan fingerprint density at radius 1 is 1.28 bits per heavy atom. The average molecular weight is 245 g/mol. The van der Waals surface area contributed by atoms with Crippen molar-refractivity contribution in [3.8, 4) is 5.75 Å². The van der Waals surface area contributed by atoms with Crippen molar-refractivity contribution < 1.29 is 4.74 Å². The van der Waals surface area contributed by atoms with Crippen LogP contribution in [-0.4, -0.2) is 10.2 Å². The number of nitrogens with two attached hydrogens (primary N) is 1. The molecule has 0 fully saturated rings. The number of rotatable bonds is 5. The lowest BCUT2D eigenvalue weighted by Gasteiger charge is -2.06. The first-order valence-corrected chi connectivity index (χ1v) is 6.19. The van der Waals surface area contributed by atoms with Crippen LogP contribution in [-0.2, 0) is 19.6 Å². The van der Waals surface area contributed by atoms with Gasteiger partial charge in [-0.3, -0.25) is 5.10 Å². The first kappa shape index (κ1) is 12.6. The molecule has 4 nitrogen and oxygen atoms in total. The van der Waals surface area contributed by atoms with Gasteiger partial charge in [-0.2, -0.15) is 5.10 Å². The Morgan fingerprint density at radius 2 is 2.00 bits per heavy atom. The summed E-state index contributed by atoms with van der Waals surface area (Å²) in [6.45, 7) is 5.03. The summed E-state index contributed by atoms with van der Waals surface area (Å²) < 4.78 is 5.71. The van der Waals surface area contributed by atoms with E-state index in [1.807, 2.05) is 19.1 Å². The largest absolute Gasteiger partial charge is 0.487 e. The lowest BCUT2D eigenvalue weighted by Crippen LogP contribution is -2.04. The smallest absolute Gasteiger partial charge is 0.132 e. The highest BCUT2D eigenvalue weighted by Crippen LogP contribution is 2.16. The van der Waals surface area contributed by atoms with Crippen molar-refractivity contribution in [2.24, 2.45) is 5.73 Å². The number of hydrogen-bond donors (Lipinski definition) is 2. The van der Waals surface area contributed by atoms with E-state index in [2.05, 4.69) is 29.3 Å². The molecule has 96 valence electrons. The maximum absolute atomic E-state index is 5.71. The third-order valence-corrected chi connectivity index (χ3v) is 3.07. The second-order valence-electron chi connectivity index (χ2n) is 4.26. The molecule has 0 atom stereocenters. The predicted octanol–water partition coefficient (Wildman–Crippen LogP) is 2.32. The highest BCUT2D eigenvalue weighted by atomic mass is 16.5. The summed E-state index contributed by atoms with van der Waals surface area (Å²) in [6, 6.07) is 8.13. The van der Waals surface area contributed by atoms with Crippen molar-refractivity contribution in [1.29, 1.82) is 0 Å². The third-order valence-electron chi connectivity index (χ3n) is 3.07. The third kappa shape index (κ3) is 2.71. The fourth-order valence-corrected chi connectivity index (χ4v) is 1.87. The molecule has 0 radical (unpaired) electrons. The monoisotopic (exact) mass is 245 g/mol. The normalized spacial score (nSPS) is 10.6. The van der Waals surface area contributed by atoms with Crippen molar-refractivity contribution in [3.05, 3.63) is 46.8 Å². The number of hydrogen-bond acceptors (Lipinski definition) is 3. The first-order chi connectivity index (χ1) is 8.74. The van der Waals surface area contributed by atoms with Crippen molar-refractivity contribution in [2.75, 3.05) is 0 Å². The molecule has 2 rings (SSSR count).